The molecule has 1 aliphatic rings. The Labute approximate surface area is 106 Å². The maximum Gasteiger partial charge on any atom is 0.496 e. The van der Waals surface area contributed by atoms with Gasteiger partial charge in [-0.3, -0.25) is 15.1 Å². The Morgan fingerprint density at radius 3 is 2.28 bits per heavy atom. The molecule has 1 saturated heterocycles. The van der Waals surface area contributed by atoms with Crippen molar-refractivity contribution >= 4 is 18.3 Å². The Balaban J connectivity index is 2.30. The van der Waals surface area contributed by atoms with Crippen molar-refractivity contribution in [3.8, 4) is 0 Å². The number of hydrogen-bond acceptors (Lipinski definition) is 5. The maximum atomic E-state index is 10.7. The van der Waals surface area contributed by atoms with Gasteiger partial charge in [0.15, 0.2) is 0 Å². The quantitative estimate of drug-likeness (QED) is 0.449. The van der Waals surface area contributed by atoms with E-state index in [9.17, 15) is 10.1 Å². The number of nitro groups is 1. The highest BCUT2D eigenvalue weighted by Gasteiger charge is 2.52. The van der Waals surface area contributed by atoms with E-state index >= 15 is 0 Å². The third-order valence-electron chi connectivity index (χ3n) is 3.48. The highest BCUT2D eigenvalue weighted by atomic mass is 16.7. The first-order valence-corrected chi connectivity index (χ1v) is 5.68. The summed E-state index contributed by atoms with van der Waals surface area (Å²) >= 11 is 0. The van der Waals surface area contributed by atoms with Crippen LogP contribution >= 0.6 is 0 Å². The molecule has 0 aromatic carbocycles. The van der Waals surface area contributed by atoms with Gasteiger partial charge < -0.3 is 9.31 Å². The highest BCUT2D eigenvalue weighted by molar-refractivity contribution is 6.62. The van der Waals surface area contributed by atoms with Crippen molar-refractivity contribution in [1.82, 2.24) is 4.98 Å². The van der Waals surface area contributed by atoms with Gasteiger partial charge in [0, 0.05) is 17.7 Å². The molecule has 0 atom stereocenters. The SMILES string of the molecule is CC1(C)OB(c2cncc([N+](=O)[O-])c2)OC1(C)C. The van der Waals surface area contributed by atoms with E-state index in [4.69, 9.17) is 9.31 Å². The summed E-state index contributed by atoms with van der Waals surface area (Å²) in [6, 6.07) is 1.43. The number of nitrogens with zero attached hydrogens (tertiary/aromatic N) is 2. The average Bonchev–Trinajstić information content (AvgIpc) is 2.48. The number of aromatic nitrogens is 1. The third kappa shape index (κ3) is 2.11. The summed E-state index contributed by atoms with van der Waals surface area (Å²) in [6.45, 7) is 7.71. The third-order valence-corrected chi connectivity index (χ3v) is 3.48. The van der Waals surface area contributed by atoms with Crippen molar-refractivity contribution in [3.63, 3.8) is 0 Å². The molecule has 1 aromatic heterocycles. The van der Waals surface area contributed by atoms with E-state index in [1.54, 1.807) is 0 Å². The van der Waals surface area contributed by atoms with Gasteiger partial charge in [-0.1, -0.05) is 0 Å². The van der Waals surface area contributed by atoms with Crippen LogP contribution in [0.3, 0.4) is 0 Å². The number of pyridine rings is 1. The summed E-state index contributed by atoms with van der Waals surface area (Å²) in [7, 11) is -0.623. The minimum absolute atomic E-state index is 0.0674. The van der Waals surface area contributed by atoms with Gasteiger partial charge in [0.05, 0.1) is 16.1 Å². The lowest BCUT2D eigenvalue weighted by molar-refractivity contribution is -0.385. The second-order valence-corrected chi connectivity index (χ2v) is 5.32. The van der Waals surface area contributed by atoms with Gasteiger partial charge in [-0.2, -0.15) is 0 Å². The first-order valence-electron chi connectivity index (χ1n) is 5.68. The van der Waals surface area contributed by atoms with Crippen molar-refractivity contribution in [1.29, 1.82) is 0 Å². The van der Waals surface area contributed by atoms with Gasteiger partial charge in [0.2, 0.25) is 0 Å². The lowest BCUT2D eigenvalue weighted by Crippen LogP contribution is -2.41. The van der Waals surface area contributed by atoms with Crippen LogP contribution < -0.4 is 5.46 Å². The van der Waals surface area contributed by atoms with Gasteiger partial charge in [-0.25, -0.2) is 0 Å². The number of hydrogen-bond donors (Lipinski definition) is 0. The normalized spacial score (nSPS) is 21.0. The molecule has 7 heteroatoms. The Kier molecular flexibility index (Phi) is 2.91. The molecule has 0 amide bonds. The summed E-state index contributed by atoms with van der Waals surface area (Å²) in [5.74, 6) is 0. The van der Waals surface area contributed by atoms with Crippen molar-refractivity contribution in [2.24, 2.45) is 0 Å². The number of rotatable bonds is 2. The second-order valence-electron chi connectivity index (χ2n) is 5.32. The van der Waals surface area contributed by atoms with Crippen molar-refractivity contribution in [3.05, 3.63) is 28.6 Å². The molecule has 0 aliphatic carbocycles. The molecule has 1 aliphatic heterocycles. The minimum atomic E-state index is -0.623. The second kappa shape index (κ2) is 4.03. The van der Waals surface area contributed by atoms with Crippen LogP contribution in [0.15, 0.2) is 18.5 Å². The van der Waals surface area contributed by atoms with E-state index in [2.05, 4.69) is 4.98 Å². The fourth-order valence-corrected chi connectivity index (χ4v) is 1.65. The molecular weight excluding hydrogens is 235 g/mol. The van der Waals surface area contributed by atoms with Crippen molar-refractivity contribution in [2.75, 3.05) is 0 Å². The van der Waals surface area contributed by atoms with Crippen LogP contribution in [0, 0.1) is 10.1 Å². The standard InChI is InChI=1S/C11H15BN2O4/c1-10(2)11(3,4)18-12(17-10)8-5-9(14(15)16)7-13-6-8/h5-7H,1-4H3. The lowest BCUT2D eigenvalue weighted by Gasteiger charge is -2.32. The predicted octanol–water partition coefficient (Wildman–Crippen LogP) is 1.29. The van der Waals surface area contributed by atoms with E-state index in [0.29, 0.717) is 5.46 Å². The van der Waals surface area contributed by atoms with E-state index in [1.807, 2.05) is 27.7 Å². The van der Waals surface area contributed by atoms with Crippen LogP contribution in [0.5, 0.6) is 0 Å². The zero-order chi connectivity index (χ0) is 13.6. The predicted molar refractivity (Wildman–Crippen MR) is 66.6 cm³/mol. The van der Waals surface area contributed by atoms with Crippen LogP contribution in [0.2, 0.25) is 0 Å². The van der Waals surface area contributed by atoms with Gasteiger partial charge in [-0.15, -0.1) is 0 Å². The molecule has 6 nitrogen and oxygen atoms in total. The van der Waals surface area contributed by atoms with Gasteiger partial charge >= 0.3 is 7.12 Å². The van der Waals surface area contributed by atoms with Crippen LogP contribution in [-0.2, 0) is 9.31 Å². The Morgan fingerprint density at radius 1 is 1.22 bits per heavy atom. The highest BCUT2D eigenvalue weighted by Crippen LogP contribution is 2.36. The molecule has 0 radical (unpaired) electrons. The van der Waals surface area contributed by atoms with E-state index in [0.717, 1.165) is 0 Å². The lowest BCUT2D eigenvalue weighted by atomic mass is 9.80. The Morgan fingerprint density at radius 2 is 1.78 bits per heavy atom. The van der Waals surface area contributed by atoms with Gasteiger partial charge in [-0.05, 0) is 27.7 Å². The van der Waals surface area contributed by atoms with E-state index < -0.39 is 23.2 Å². The monoisotopic (exact) mass is 250 g/mol. The average molecular weight is 250 g/mol. The molecule has 0 bridgehead atoms. The van der Waals surface area contributed by atoms with Crippen LogP contribution in [-0.4, -0.2) is 28.2 Å². The fourth-order valence-electron chi connectivity index (χ4n) is 1.65. The summed E-state index contributed by atoms with van der Waals surface area (Å²) in [6.07, 6.45) is 2.73. The van der Waals surface area contributed by atoms with Crippen molar-refractivity contribution in [2.45, 2.75) is 38.9 Å². The zero-order valence-corrected chi connectivity index (χ0v) is 10.8. The molecule has 0 spiro atoms. The molecule has 2 rings (SSSR count). The topological polar surface area (TPSA) is 74.5 Å². The fraction of sp³-hybridized carbons (Fsp3) is 0.545. The van der Waals surface area contributed by atoms with Crippen LogP contribution in [0.25, 0.3) is 0 Å². The molecule has 0 unspecified atom stereocenters. The van der Waals surface area contributed by atoms with Crippen molar-refractivity contribution < 1.29 is 14.2 Å². The summed E-state index contributed by atoms with van der Waals surface area (Å²) < 4.78 is 11.6. The maximum absolute atomic E-state index is 10.7. The van der Waals surface area contributed by atoms with Gasteiger partial charge in [0.25, 0.3) is 5.69 Å². The summed E-state index contributed by atoms with van der Waals surface area (Å²) in [4.78, 5) is 14.1. The minimum Gasteiger partial charge on any atom is -0.399 e. The Hall–Kier alpha value is -1.47. The van der Waals surface area contributed by atoms with Gasteiger partial charge in [0.1, 0.15) is 6.20 Å². The molecule has 18 heavy (non-hydrogen) atoms. The first-order chi connectivity index (χ1) is 8.23. The van der Waals surface area contributed by atoms with E-state index in [1.165, 1.54) is 18.5 Å². The zero-order valence-electron chi connectivity index (χ0n) is 10.8. The van der Waals surface area contributed by atoms with Crippen LogP contribution in [0.1, 0.15) is 27.7 Å². The molecule has 0 saturated carbocycles. The Bertz CT molecular complexity index is 474. The first kappa shape index (κ1) is 13.0. The molecule has 1 fully saturated rings. The van der Waals surface area contributed by atoms with E-state index in [-0.39, 0.29) is 5.69 Å². The molecule has 1 aromatic rings. The summed E-state index contributed by atoms with van der Waals surface area (Å²) in [5, 5.41) is 10.7. The summed E-state index contributed by atoms with van der Waals surface area (Å²) in [5.41, 5.74) is -0.449. The largest absolute Gasteiger partial charge is 0.496 e. The smallest absolute Gasteiger partial charge is 0.399 e. The molecule has 0 N–H and O–H groups in total. The van der Waals surface area contributed by atoms with Crippen LogP contribution in [0.4, 0.5) is 5.69 Å². The molecule has 2 heterocycles. The molecule has 96 valence electrons. The molecular formula is C11H15BN2O4.